The molecule has 3 aliphatic carbocycles. The number of hydrogen-bond donors (Lipinski definition) is 6. The Balaban J connectivity index is 0.000000153. The van der Waals surface area contributed by atoms with Gasteiger partial charge in [0.05, 0.1) is 56.9 Å². The zero-order valence-electron chi connectivity index (χ0n) is 59.8. The fourth-order valence-corrected chi connectivity index (χ4v) is 14.8. The van der Waals surface area contributed by atoms with Crippen LogP contribution < -0.4 is 64.8 Å². The van der Waals surface area contributed by atoms with E-state index in [9.17, 15) is 38.4 Å². The molecule has 544 valence electrons. The van der Waals surface area contributed by atoms with Gasteiger partial charge in [0.1, 0.15) is 28.7 Å². The maximum Gasteiger partial charge on any atom is 0.434 e. The quantitative estimate of drug-likeness (QED) is 0.0183. The van der Waals surface area contributed by atoms with Crippen LogP contribution >= 0.6 is 0 Å². The second-order valence-electron chi connectivity index (χ2n) is 30.0. The lowest BCUT2D eigenvalue weighted by Crippen LogP contribution is -2.42. The number of rotatable bonds is 15. The maximum absolute atomic E-state index is 15.7. The number of amides is 3. The van der Waals surface area contributed by atoms with Crippen LogP contribution in [0.5, 0.6) is 0 Å². The van der Waals surface area contributed by atoms with Crippen molar-refractivity contribution in [1.82, 2.24) is 40.0 Å². The van der Waals surface area contributed by atoms with E-state index in [1.54, 1.807) is 27.5 Å². The summed E-state index contributed by atoms with van der Waals surface area (Å²) >= 11 is 0. The Morgan fingerprint density at radius 1 is 0.584 bits per heavy atom. The van der Waals surface area contributed by atoms with Crippen LogP contribution in [-0.4, -0.2) is 123 Å². The van der Waals surface area contributed by atoms with Crippen molar-refractivity contribution in [2.75, 3.05) is 60.6 Å². The molecule has 7 heterocycles. The molecule has 0 radical (unpaired) electrons. The Bertz CT molecular complexity index is 4650. The first-order valence-electron chi connectivity index (χ1n) is 35.1. The number of alkyl carbamates (subject to hydrolysis) is 2. The lowest BCUT2D eigenvalue weighted by Gasteiger charge is -2.27. The van der Waals surface area contributed by atoms with E-state index in [2.05, 4.69) is 26.3 Å². The molecule has 3 saturated carbocycles. The first-order chi connectivity index (χ1) is 47.7. The Labute approximate surface area is 582 Å². The summed E-state index contributed by atoms with van der Waals surface area (Å²) in [6.45, 7) is 27.7. The summed E-state index contributed by atoms with van der Waals surface area (Å²) in [6, 6.07) is 7.92. The molecular formula is C73H94F3N13O12. The van der Waals surface area contributed by atoms with Crippen LogP contribution in [0, 0.1) is 56.0 Å². The van der Waals surface area contributed by atoms with Crippen molar-refractivity contribution in [2.45, 2.75) is 195 Å². The summed E-state index contributed by atoms with van der Waals surface area (Å²) in [5, 5.41) is 13.1. The normalized spacial score (nSPS) is 19.3. The Morgan fingerprint density at radius 2 is 0.960 bits per heavy atom. The summed E-state index contributed by atoms with van der Waals surface area (Å²) in [6.07, 6.45) is 6.79. The van der Waals surface area contributed by atoms with E-state index in [4.69, 9.17) is 30.2 Å². The van der Waals surface area contributed by atoms with Crippen LogP contribution in [0.15, 0.2) is 60.0 Å². The molecule has 6 aliphatic rings. The minimum Gasteiger partial charge on any atom is -0.462 e. The predicted molar refractivity (Wildman–Crippen MR) is 380 cm³/mol. The minimum absolute atomic E-state index is 0.0187. The monoisotopic (exact) mass is 1400 g/mol. The van der Waals surface area contributed by atoms with Crippen molar-refractivity contribution >= 4 is 73.8 Å². The van der Waals surface area contributed by atoms with Gasteiger partial charge in [-0.1, -0.05) is 0 Å². The van der Waals surface area contributed by atoms with Gasteiger partial charge >= 0.3 is 23.9 Å². The van der Waals surface area contributed by atoms with Gasteiger partial charge in [-0.2, -0.15) is 0 Å². The van der Waals surface area contributed by atoms with E-state index >= 15 is 13.2 Å². The fraction of sp³-hybridized carbons (Fsp3) is 0.548. The predicted octanol–water partition coefficient (Wildman–Crippen LogP) is 10.1. The van der Waals surface area contributed by atoms with Gasteiger partial charge in [0, 0.05) is 110 Å². The van der Waals surface area contributed by atoms with Gasteiger partial charge in [0.15, 0.2) is 0 Å². The number of halogens is 3. The van der Waals surface area contributed by atoms with E-state index in [0.717, 1.165) is 64.3 Å². The SMILES string of the molecule is CCOC(=O)c1cc(=O)n(C2CC2)c2c(C)c(N3CC[C@@H]([C@H](C)NC(=O)OC(C)(C)C)C3)c(F)cc12.Cc1c(N2CC[C@@H]([C@H](C)N)C2)c(F)cc2c(-c3n[nH]c(=O)o3)cc(=O)n(C3CC3)c12.Cc1c(N2CC[C@@H]([C@H](C)NC(=O)OC(C)(C)C)C2)c(F)cc2c(C(=O)NN)cc(=O)n(C3CC3)c12. The lowest BCUT2D eigenvalue weighted by atomic mass is 10.0. The van der Waals surface area contributed by atoms with Crippen molar-refractivity contribution in [1.29, 1.82) is 0 Å². The molecule has 3 saturated heterocycles. The van der Waals surface area contributed by atoms with Gasteiger partial charge in [-0.25, -0.2) is 43.3 Å². The third-order valence-electron chi connectivity index (χ3n) is 20.0. The fourth-order valence-electron chi connectivity index (χ4n) is 14.8. The Morgan fingerprint density at radius 3 is 1.33 bits per heavy atom. The van der Waals surface area contributed by atoms with Crippen LogP contribution in [0.2, 0.25) is 0 Å². The number of nitrogen functional groups attached to an aromatic ring is 1. The molecule has 3 amide bonds. The number of aromatic nitrogens is 5. The first-order valence-corrected chi connectivity index (χ1v) is 35.1. The van der Waals surface area contributed by atoms with Crippen molar-refractivity contribution < 1.29 is 51.0 Å². The van der Waals surface area contributed by atoms with Crippen LogP contribution in [0.25, 0.3) is 44.2 Å². The average Bonchev–Trinajstić information content (AvgIpc) is 1.73. The third-order valence-corrected chi connectivity index (χ3v) is 20.0. The van der Waals surface area contributed by atoms with Gasteiger partial charge < -0.3 is 63.4 Å². The lowest BCUT2D eigenvalue weighted by molar-refractivity contribution is 0.0482. The van der Waals surface area contributed by atoms with Gasteiger partial charge in [0.2, 0.25) is 5.89 Å². The maximum atomic E-state index is 15.7. The third kappa shape index (κ3) is 15.5. The highest BCUT2D eigenvalue weighted by Gasteiger charge is 2.39. The van der Waals surface area contributed by atoms with Gasteiger partial charge in [-0.15, -0.1) is 5.10 Å². The average molecular weight is 1400 g/mol. The Hall–Kier alpha value is -9.18. The second kappa shape index (κ2) is 28.7. The van der Waals surface area contributed by atoms with E-state index in [-0.39, 0.29) is 94.2 Å². The molecule has 7 aromatic rings. The number of nitrogens with zero attached hydrogens (tertiary/aromatic N) is 7. The van der Waals surface area contributed by atoms with Crippen LogP contribution in [0.1, 0.15) is 183 Å². The highest BCUT2D eigenvalue weighted by molar-refractivity contribution is 6.08. The number of hydrazine groups is 1. The van der Waals surface area contributed by atoms with Crippen LogP contribution in [0.4, 0.5) is 39.8 Å². The molecular weight excluding hydrogens is 1310 g/mol. The number of hydrogen-bond acceptors (Lipinski definition) is 18. The molecule has 3 aromatic carbocycles. The van der Waals surface area contributed by atoms with Gasteiger partial charge in [0.25, 0.3) is 22.6 Å². The highest BCUT2D eigenvalue weighted by atomic mass is 19.1. The molecule has 25 nitrogen and oxygen atoms in total. The molecule has 6 fully saturated rings. The zero-order chi connectivity index (χ0) is 73.2. The van der Waals surface area contributed by atoms with E-state index in [0.29, 0.717) is 111 Å². The molecule has 13 rings (SSSR count). The van der Waals surface area contributed by atoms with Gasteiger partial charge in [-0.05, 0) is 200 Å². The number of esters is 1. The summed E-state index contributed by atoms with van der Waals surface area (Å²) in [5.74, 6) is 2.54. The number of carbonyl (C=O) groups excluding carboxylic acids is 4. The standard InChI is InChI=1S/C27H36FN3O5.C25H34FN5O4.C21H24FN5O3/c1-7-35-25(33)20-13-22(32)31(18-8-9-18)23-15(2)24(21(28)12-19(20)23)30-11-10-17(14-30)16(3)29-26(34)36-27(4,5)6;1-13-21-17(18(23(33)29-27)11-20(32)31(21)16-6-7-16)10-19(26)22(13)30-9-8-15(12-30)14(2)28-24(34)35-25(3,4)5;1-10-18-14(7-16(22)19(10)26-6-5-12(9-26)11(2)23)15(20-24-25-21(29)30-20)8-17(28)27(18)13-3-4-13/h12-13,16-18H,7-11,14H2,1-6H3,(H,29,34);10-11,14-16H,6-9,12,27H2,1-5H3,(H,28,34)(H,29,33);7-8,11-13H,3-6,9,23H2,1-2H3,(H,25,29)/t16-,17+;14-,15+;11-,12+/m000/s1. The molecule has 4 aromatic heterocycles. The van der Waals surface area contributed by atoms with Crippen molar-refractivity contribution in [3.63, 3.8) is 0 Å². The summed E-state index contributed by atoms with van der Waals surface area (Å²) in [5.41, 5.74) is 11.8. The number of aryl methyl sites for hydroxylation is 3. The largest absolute Gasteiger partial charge is 0.462 e. The van der Waals surface area contributed by atoms with Crippen LogP contribution in [-0.2, 0) is 14.2 Å². The van der Waals surface area contributed by atoms with Crippen molar-refractivity contribution in [3.05, 3.63) is 123 Å². The van der Waals surface area contributed by atoms with E-state index < -0.39 is 52.7 Å². The second-order valence-corrected chi connectivity index (χ2v) is 30.0. The number of carbonyl (C=O) groups is 4. The van der Waals surface area contributed by atoms with E-state index in [1.807, 2.05) is 90.9 Å². The molecule has 101 heavy (non-hydrogen) atoms. The topological polar surface area (TPSA) is 319 Å². The molecule has 3 aliphatic heterocycles. The molecule has 0 spiro atoms. The molecule has 28 heteroatoms. The number of nitrogens with one attached hydrogen (secondary N) is 4. The minimum atomic E-state index is -0.725. The van der Waals surface area contributed by atoms with Gasteiger partial charge in [-0.3, -0.25) is 24.6 Å². The highest BCUT2D eigenvalue weighted by Crippen LogP contribution is 2.45. The number of H-pyrrole nitrogens is 1. The number of aromatic amines is 1. The summed E-state index contributed by atoms with van der Waals surface area (Å²) in [7, 11) is 0. The smallest absolute Gasteiger partial charge is 0.434 e. The summed E-state index contributed by atoms with van der Waals surface area (Å²) < 4.78 is 72.8. The number of nitrogens with two attached hydrogens (primary N) is 2. The number of anilines is 3. The van der Waals surface area contributed by atoms with Crippen molar-refractivity contribution in [3.8, 4) is 11.5 Å². The van der Waals surface area contributed by atoms with Crippen LogP contribution in [0.3, 0.4) is 0 Å². The number of benzene rings is 3. The molecule has 8 N–H and O–H groups in total. The Kier molecular flexibility index (Phi) is 20.7. The van der Waals surface area contributed by atoms with E-state index in [1.165, 1.54) is 36.4 Å². The number of fused-ring (bicyclic) bond motifs is 3. The summed E-state index contributed by atoms with van der Waals surface area (Å²) in [4.78, 5) is 106. The zero-order valence-corrected chi connectivity index (χ0v) is 59.8. The molecule has 0 unspecified atom stereocenters. The number of ether oxygens (including phenoxy) is 3. The molecule has 0 bridgehead atoms. The first kappa shape index (κ1) is 73.1. The van der Waals surface area contributed by atoms with Crippen molar-refractivity contribution in [2.24, 2.45) is 29.3 Å². The number of pyridine rings is 3. The molecule has 6 atom stereocenters.